The Labute approximate surface area is 226 Å². The van der Waals surface area contributed by atoms with E-state index in [2.05, 4.69) is 98.8 Å². The molecule has 0 spiro atoms. The SMILES string of the molecule is CC(C)[Si](CC1=C(O[C@H]2OC[C@H]3CC[C@]2(C)C3(C)C)C(=O)[C@]2(C)Nc3ccccc3[C@H]12)(C(C)C)C(C)C. The third-order valence-electron chi connectivity index (χ3n) is 12.0. The Morgan fingerprint density at radius 3 is 2.27 bits per heavy atom. The first-order chi connectivity index (χ1) is 17.2. The summed E-state index contributed by atoms with van der Waals surface area (Å²) in [5.74, 6) is 1.28. The van der Waals surface area contributed by atoms with Gasteiger partial charge in [0.2, 0.25) is 12.1 Å². The second-order valence-corrected chi connectivity index (χ2v) is 20.5. The Hall–Kier alpha value is -1.59. The number of para-hydroxylation sites is 1. The van der Waals surface area contributed by atoms with Crippen LogP contribution in [-0.4, -0.2) is 32.3 Å². The Balaban J connectivity index is 1.66. The first-order valence-corrected chi connectivity index (χ1v) is 17.1. The number of hydrogen-bond acceptors (Lipinski definition) is 4. The van der Waals surface area contributed by atoms with Crippen molar-refractivity contribution >= 4 is 19.5 Å². The van der Waals surface area contributed by atoms with Gasteiger partial charge in [0, 0.05) is 17.0 Å². The molecule has 4 aliphatic rings. The molecule has 1 saturated carbocycles. The molecule has 5 atom stereocenters. The van der Waals surface area contributed by atoms with Crippen molar-refractivity contribution in [3.05, 3.63) is 41.2 Å². The normalized spacial score (nSPS) is 34.4. The number of ether oxygens (including phenoxy) is 2. The summed E-state index contributed by atoms with van der Waals surface area (Å²) in [6, 6.07) is 9.49. The highest BCUT2D eigenvalue weighted by atomic mass is 28.3. The fraction of sp³-hybridized carbons (Fsp3) is 0.719. The lowest BCUT2D eigenvalue weighted by Crippen LogP contribution is -2.52. The van der Waals surface area contributed by atoms with Gasteiger partial charge in [0.25, 0.3) is 0 Å². The maximum Gasteiger partial charge on any atom is 0.223 e. The summed E-state index contributed by atoms with van der Waals surface area (Å²) in [5.41, 5.74) is 4.67. The Bertz CT molecular complexity index is 1100. The van der Waals surface area contributed by atoms with Crippen molar-refractivity contribution in [2.75, 3.05) is 11.9 Å². The molecular weight excluding hydrogens is 474 g/mol. The van der Waals surface area contributed by atoms with Crippen LogP contribution in [-0.2, 0) is 14.3 Å². The van der Waals surface area contributed by atoms with E-state index < -0.39 is 13.6 Å². The van der Waals surface area contributed by atoms with Gasteiger partial charge in [0.05, 0.1) is 14.7 Å². The lowest BCUT2D eigenvalue weighted by Gasteiger charge is -2.50. The zero-order valence-corrected chi connectivity index (χ0v) is 25.8. The van der Waals surface area contributed by atoms with E-state index in [-0.39, 0.29) is 28.8 Å². The fourth-order valence-corrected chi connectivity index (χ4v) is 15.3. The number of nitrogens with one attached hydrogen (secondary N) is 1. The number of benzene rings is 1. The van der Waals surface area contributed by atoms with Crippen LogP contribution in [0, 0.1) is 16.7 Å². The summed E-state index contributed by atoms with van der Waals surface area (Å²) < 4.78 is 13.4. The van der Waals surface area contributed by atoms with Crippen LogP contribution in [0.1, 0.15) is 93.6 Å². The van der Waals surface area contributed by atoms with E-state index in [1.807, 2.05) is 0 Å². The molecule has 37 heavy (non-hydrogen) atoms. The summed E-state index contributed by atoms with van der Waals surface area (Å²) in [7, 11) is -1.87. The van der Waals surface area contributed by atoms with Gasteiger partial charge < -0.3 is 14.8 Å². The smallest absolute Gasteiger partial charge is 0.223 e. The van der Waals surface area contributed by atoms with Crippen molar-refractivity contribution in [3.8, 4) is 0 Å². The highest BCUT2D eigenvalue weighted by Gasteiger charge is 2.63. The molecule has 1 aromatic carbocycles. The molecule has 2 heterocycles. The maximum absolute atomic E-state index is 14.4. The first kappa shape index (κ1) is 27.0. The van der Waals surface area contributed by atoms with Gasteiger partial charge in [-0.2, -0.15) is 0 Å². The highest BCUT2D eigenvalue weighted by molar-refractivity contribution is 6.84. The van der Waals surface area contributed by atoms with Gasteiger partial charge in [-0.05, 0) is 54.3 Å². The molecule has 204 valence electrons. The maximum atomic E-state index is 14.4. The fourth-order valence-electron chi connectivity index (χ4n) is 9.01. The van der Waals surface area contributed by atoms with Gasteiger partial charge in [-0.15, -0.1) is 0 Å². The van der Waals surface area contributed by atoms with Crippen molar-refractivity contribution in [2.24, 2.45) is 16.7 Å². The molecule has 2 bridgehead atoms. The Kier molecular flexibility index (Phi) is 6.35. The van der Waals surface area contributed by atoms with E-state index in [4.69, 9.17) is 9.47 Å². The minimum atomic E-state index is -1.87. The van der Waals surface area contributed by atoms with Gasteiger partial charge in [0.1, 0.15) is 5.54 Å². The first-order valence-electron chi connectivity index (χ1n) is 14.6. The molecule has 4 nitrogen and oxygen atoms in total. The van der Waals surface area contributed by atoms with Gasteiger partial charge in [-0.1, -0.05) is 97.1 Å². The monoisotopic (exact) mass is 523 g/mol. The molecule has 5 rings (SSSR count). The third kappa shape index (κ3) is 3.51. The van der Waals surface area contributed by atoms with E-state index in [1.54, 1.807) is 0 Å². The van der Waals surface area contributed by atoms with Crippen LogP contribution >= 0.6 is 0 Å². The molecule has 0 unspecified atom stereocenters. The van der Waals surface area contributed by atoms with Crippen LogP contribution in [0.25, 0.3) is 0 Å². The van der Waals surface area contributed by atoms with Crippen molar-refractivity contribution in [2.45, 2.75) is 122 Å². The number of hydrogen-bond donors (Lipinski definition) is 1. The molecule has 5 heteroatoms. The summed E-state index contributed by atoms with van der Waals surface area (Å²) in [5, 5.41) is 3.66. The lowest BCUT2D eigenvalue weighted by molar-refractivity contribution is -0.248. The van der Waals surface area contributed by atoms with Crippen LogP contribution in [0.2, 0.25) is 22.7 Å². The second kappa shape index (κ2) is 8.71. The molecule has 2 aliphatic carbocycles. The Morgan fingerprint density at radius 2 is 1.65 bits per heavy atom. The number of carbonyl (C=O) groups excluding carboxylic acids is 1. The quantitative estimate of drug-likeness (QED) is 0.365. The standard InChI is InChI=1S/C32H49NO3Si/c1-19(2)37(20(3)4,21(5)6)18-24-26-23-13-11-12-14-25(23)33-32(26,10)28(34)27(24)36-29-31(9)16-15-22(17-35-29)30(31,7)8/h11-14,19-22,26,29,33H,15-18H2,1-10H3/t22-,26-,29-,31+,32-/m1/s1. The number of fused-ring (bicyclic) bond motifs is 5. The molecule has 2 aliphatic heterocycles. The van der Waals surface area contributed by atoms with Crippen LogP contribution in [0.3, 0.4) is 0 Å². The van der Waals surface area contributed by atoms with Crippen LogP contribution in [0.5, 0.6) is 0 Å². The molecule has 2 fully saturated rings. The molecule has 0 amide bonds. The van der Waals surface area contributed by atoms with Crippen LogP contribution < -0.4 is 5.32 Å². The molecule has 0 radical (unpaired) electrons. The summed E-state index contributed by atoms with van der Waals surface area (Å²) >= 11 is 0. The van der Waals surface area contributed by atoms with Gasteiger partial charge in [-0.3, -0.25) is 4.79 Å². The van der Waals surface area contributed by atoms with Crippen molar-refractivity contribution < 1.29 is 14.3 Å². The largest absolute Gasteiger partial charge is 0.461 e. The topological polar surface area (TPSA) is 47.6 Å². The van der Waals surface area contributed by atoms with Gasteiger partial charge >= 0.3 is 0 Å². The molecule has 1 aromatic rings. The predicted molar refractivity (Wildman–Crippen MR) is 155 cm³/mol. The third-order valence-corrected chi connectivity index (χ3v) is 19.4. The predicted octanol–water partition coefficient (Wildman–Crippen LogP) is 8.29. The summed E-state index contributed by atoms with van der Waals surface area (Å²) in [4.78, 5) is 14.4. The zero-order valence-electron chi connectivity index (χ0n) is 24.8. The van der Waals surface area contributed by atoms with Crippen molar-refractivity contribution in [1.29, 1.82) is 0 Å². The van der Waals surface area contributed by atoms with E-state index in [0.717, 1.165) is 18.2 Å². The Morgan fingerprint density at radius 1 is 1.03 bits per heavy atom. The molecular formula is C32H49NO3Si. The zero-order chi connectivity index (χ0) is 27.1. The number of Topliss-reactive ketones (excluding diaryl/α,β-unsaturated/α-hetero) is 1. The van der Waals surface area contributed by atoms with Gasteiger partial charge in [-0.25, -0.2) is 0 Å². The summed E-state index contributed by atoms with van der Waals surface area (Å²) in [6.45, 7) is 24.4. The number of anilines is 1. The second-order valence-electron chi connectivity index (χ2n) is 14.4. The highest BCUT2D eigenvalue weighted by Crippen LogP contribution is 2.63. The van der Waals surface area contributed by atoms with E-state index in [9.17, 15) is 4.79 Å². The minimum Gasteiger partial charge on any atom is -0.461 e. The number of carbonyl (C=O) groups is 1. The molecule has 1 saturated heterocycles. The van der Waals surface area contributed by atoms with E-state index >= 15 is 0 Å². The van der Waals surface area contributed by atoms with Gasteiger partial charge in [0.15, 0.2) is 5.76 Å². The average Bonchev–Trinajstić information content (AvgIpc) is 3.24. The average molecular weight is 524 g/mol. The molecule has 1 N–H and O–H groups in total. The lowest BCUT2D eigenvalue weighted by atomic mass is 9.64. The van der Waals surface area contributed by atoms with E-state index in [0.29, 0.717) is 34.9 Å². The van der Waals surface area contributed by atoms with E-state index in [1.165, 1.54) is 17.6 Å². The molecule has 0 aromatic heterocycles. The minimum absolute atomic E-state index is 0.00931. The number of rotatable bonds is 7. The van der Waals surface area contributed by atoms with Crippen molar-refractivity contribution in [1.82, 2.24) is 0 Å². The van der Waals surface area contributed by atoms with Crippen LogP contribution in [0.4, 0.5) is 5.69 Å². The van der Waals surface area contributed by atoms with Crippen molar-refractivity contribution in [3.63, 3.8) is 0 Å². The summed E-state index contributed by atoms with van der Waals surface area (Å²) in [6.07, 6.45) is 1.86. The van der Waals surface area contributed by atoms with Crippen LogP contribution in [0.15, 0.2) is 35.6 Å². The number of ketones is 1.